The minimum Gasteiger partial charge on any atom is -0.508 e. The van der Waals surface area contributed by atoms with Gasteiger partial charge in [0.15, 0.2) is 0 Å². The molecule has 2 nitrogen and oxygen atoms in total. The highest BCUT2D eigenvalue weighted by Crippen LogP contribution is 2.56. The Labute approximate surface area is 236 Å². The molecule has 1 atom stereocenters. The first-order chi connectivity index (χ1) is 18.9. The fourth-order valence-corrected chi connectivity index (χ4v) is 5.92. The predicted molar refractivity (Wildman–Crippen MR) is 167 cm³/mol. The summed E-state index contributed by atoms with van der Waals surface area (Å²) < 4.78 is 0. The Morgan fingerprint density at radius 1 is 0.615 bits per heavy atom. The van der Waals surface area contributed by atoms with Crippen LogP contribution in [0.4, 0.5) is 0 Å². The summed E-state index contributed by atoms with van der Waals surface area (Å²) in [4.78, 5) is 0. The lowest BCUT2D eigenvalue weighted by Gasteiger charge is -2.33. The van der Waals surface area contributed by atoms with Crippen molar-refractivity contribution in [2.75, 3.05) is 0 Å². The van der Waals surface area contributed by atoms with E-state index in [1.54, 1.807) is 24.3 Å². The van der Waals surface area contributed by atoms with Crippen LogP contribution in [0.1, 0.15) is 89.5 Å². The summed E-state index contributed by atoms with van der Waals surface area (Å²) in [6, 6.07) is 31.9. The topological polar surface area (TPSA) is 40.5 Å². The van der Waals surface area contributed by atoms with Crippen LogP contribution in [-0.2, 0) is 5.41 Å². The van der Waals surface area contributed by atoms with E-state index < -0.39 is 5.41 Å². The summed E-state index contributed by atoms with van der Waals surface area (Å²) >= 11 is 0. The second-order valence-corrected chi connectivity index (χ2v) is 10.5. The first-order valence-corrected chi connectivity index (χ1v) is 14.7. The van der Waals surface area contributed by atoms with Crippen LogP contribution >= 0.6 is 0 Å². The predicted octanol–water partition coefficient (Wildman–Crippen LogP) is 10.3. The van der Waals surface area contributed by atoms with Crippen molar-refractivity contribution in [3.05, 3.63) is 119 Å². The molecule has 0 saturated carbocycles. The molecule has 0 heterocycles. The number of hydrogen-bond donors (Lipinski definition) is 2. The van der Waals surface area contributed by atoms with E-state index in [0.29, 0.717) is 0 Å². The largest absolute Gasteiger partial charge is 0.508 e. The van der Waals surface area contributed by atoms with Crippen LogP contribution in [0.5, 0.6) is 11.5 Å². The third kappa shape index (κ3) is 6.22. The van der Waals surface area contributed by atoms with E-state index >= 15 is 0 Å². The molecule has 0 bridgehead atoms. The van der Waals surface area contributed by atoms with E-state index in [1.165, 1.54) is 47.9 Å². The lowest BCUT2D eigenvalue weighted by Crippen LogP contribution is -2.28. The molecule has 0 amide bonds. The van der Waals surface area contributed by atoms with Gasteiger partial charge in [0.25, 0.3) is 0 Å². The number of phenolic OH excluding ortho intramolecular Hbond substituents is 2. The van der Waals surface area contributed by atoms with Gasteiger partial charge in [0.2, 0.25) is 0 Å². The highest BCUT2D eigenvalue weighted by Gasteiger charge is 2.45. The minimum atomic E-state index is -0.491. The maximum atomic E-state index is 9.85. The van der Waals surface area contributed by atoms with Crippen molar-refractivity contribution in [3.8, 4) is 22.6 Å². The van der Waals surface area contributed by atoms with Gasteiger partial charge >= 0.3 is 0 Å². The van der Waals surface area contributed by atoms with Crippen molar-refractivity contribution in [1.82, 2.24) is 0 Å². The molecule has 4 aromatic carbocycles. The van der Waals surface area contributed by atoms with Gasteiger partial charge in [-0.25, -0.2) is 0 Å². The highest BCUT2D eigenvalue weighted by molar-refractivity contribution is 5.86. The quantitative estimate of drug-likeness (QED) is 0.223. The van der Waals surface area contributed by atoms with Gasteiger partial charge in [-0.2, -0.15) is 0 Å². The molecule has 0 saturated heterocycles. The van der Waals surface area contributed by atoms with Crippen LogP contribution in [0.3, 0.4) is 0 Å². The van der Waals surface area contributed by atoms with E-state index in [1.807, 2.05) is 38.1 Å². The van der Waals surface area contributed by atoms with Crippen LogP contribution < -0.4 is 0 Å². The first kappa shape index (κ1) is 30.0. The molecule has 39 heavy (non-hydrogen) atoms. The molecule has 0 aromatic heterocycles. The summed E-state index contributed by atoms with van der Waals surface area (Å²) in [5.74, 6) is 2.36. The van der Waals surface area contributed by atoms with Gasteiger partial charge in [-0.05, 0) is 69.5 Å². The Morgan fingerprint density at radius 3 is 1.38 bits per heavy atom. The molecule has 1 unspecified atom stereocenters. The SMILES string of the molecule is CC.CCCCC(CC)C(C)C.Oc1ccc(C2(c3ccc(O)cc3)c3ccccc3-c3ccccc32)cc1. The molecular weight excluding hydrogens is 476 g/mol. The van der Waals surface area contributed by atoms with Gasteiger partial charge < -0.3 is 10.2 Å². The monoisotopic (exact) mass is 522 g/mol. The molecule has 4 aromatic rings. The summed E-state index contributed by atoms with van der Waals surface area (Å²) in [7, 11) is 0. The van der Waals surface area contributed by atoms with Gasteiger partial charge in [0, 0.05) is 0 Å². The Kier molecular flexibility index (Phi) is 10.8. The maximum Gasteiger partial charge on any atom is 0.115 e. The Balaban J connectivity index is 0.000000299. The Morgan fingerprint density at radius 2 is 1.03 bits per heavy atom. The van der Waals surface area contributed by atoms with E-state index in [4.69, 9.17) is 0 Å². The molecular formula is C37H46O2. The summed E-state index contributed by atoms with van der Waals surface area (Å²) in [5, 5.41) is 19.7. The van der Waals surface area contributed by atoms with E-state index in [-0.39, 0.29) is 11.5 Å². The van der Waals surface area contributed by atoms with E-state index in [2.05, 4.69) is 76.2 Å². The highest BCUT2D eigenvalue weighted by atomic mass is 16.3. The van der Waals surface area contributed by atoms with Gasteiger partial charge in [-0.15, -0.1) is 0 Å². The zero-order valence-electron chi connectivity index (χ0n) is 24.6. The van der Waals surface area contributed by atoms with Crippen molar-refractivity contribution in [3.63, 3.8) is 0 Å². The number of fused-ring (bicyclic) bond motifs is 3. The molecule has 0 fully saturated rings. The van der Waals surface area contributed by atoms with E-state index in [0.717, 1.165) is 23.0 Å². The van der Waals surface area contributed by atoms with Gasteiger partial charge in [-0.1, -0.05) is 140 Å². The molecule has 2 heteroatoms. The smallest absolute Gasteiger partial charge is 0.115 e. The summed E-state index contributed by atoms with van der Waals surface area (Å²) in [5.41, 5.74) is 6.54. The van der Waals surface area contributed by atoms with Crippen molar-refractivity contribution >= 4 is 0 Å². The molecule has 5 rings (SSSR count). The average molecular weight is 523 g/mol. The molecule has 1 aliphatic rings. The number of rotatable bonds is 7. The minimum absolute atomic E-state index is 0.249. The van der Waals surface area contributed by atoms with Crippen LogP contribution in [0.25, 0.3) is 11.1 Å². The zero-order valence-corrected chi connectivity index (χ0v) is 24.6. The first-order valence-electron chi connectivity index (χ1n) is 14.7. The average Bonchev–Trinajstić information content (AvgIpc) is 3.27. The number of aromatic hydroxyl groups is 2. The third-order valence-corrected chi connectivity index (χ3v) is 7.95. The van der Waals surface area contributed by atoms with Crippen molar-refractivity contribution < 1.29 is 10.2 Å². The second kappa shape index (κ2) is 14.0. The Hall–Kier alpha value is -3.52. The standard InChI is InChI=1S/C25H18O2.C10H22.C2H6/c26-19-13-9-17(10-14-19)25(18-11-15-20(27)16-12-18)23-7-3-1-5-21(23)22-6-2-4-8-24(22)25;1-5-7-8-10(6-2)9(3)4;1-2/h1-16,26-27H;9-10H,5-8H2,1-4H3;1-2H3. The van der Waals surface area contributed by atoms with Crippen LogP contribution in [-0.4, -0.2) is 10.2 Å². The molecule has 206 valence electrons. The number of benzene rings is 4. The zero-order chi connectivity index (χ0) is 28.4. The lowest BCUT2D eigenvalue weighted by atomic mass is 9.68. The lowest BCUT2D eigenvalue weighted by molar-refractivity contribution is 0.339. The van der Waals surface area contributed by atoms with Crippen molar-refractivity contribution in [2.24, 2.45) is 11.8 Å². The maximum absolute atomic E-state index is 9.85. The molecule has 0 aliphatic heterocycles. The van der Waals surface area contributed by atoms with Crippen LogP contribution in [0.15, 0.2) is 97.1 Å². The number of phenols is 2. The normalized spacial score (nSPS) is 13.3. The summed E-state index contributed by atoms with van der Waals surface area (Å²) in [6.45, 7) is 13.3. The van der Waals surface area contributed by atoms with E-state index in [9.17, 15) is 10.2 Å². The molecule has 1 aliphatic carbocycles. The molecule has 2 N–H and O–H groups in total. The second-order valence-electron chi connectivity index (χ2n) is 10.5. The summed E-state index contributed by atoms with van der Waals surface area (Å²) in [6.07, 6.45) is 5.56. The van der Waals surface area contributed by atoms with Crippen molar-refractivity contribution in [2.45, 2.75) is 72.6 Å². The fraction of sp³-hybridized carbons (Fsp3) is 0.351. The fourth-order valence-electron chi connectivity index (χ4n) is 5.92. The third-order valence-electron chi connectivity index (χ3n) is 7.95. The molecule has 0 radical (unpaired) electrons. The van der Waals surface area contributed by atoms with Gasteiger partial charge in [0.1, 0.15) is 11.5 Å². The molecule has 0 spiro atoms. The van der Waals surface area contributed by atoms with Gasteiger partial charge in [0.05, 0.1) is 5.41 Å². The number of hydrogen-bond acceptors (Lipinski definition) is 2. The van der Waals surface area contributed by atoms with Crippen molar-refractivity contribution in [1.29, 1.82) is 0 Å². The van der Waals surface area contributed by atoms with Crippen LogP contribution in [0, 0.1) is 11.8 Å². The Bertz CT molecular complexity index is 1190. The number of unbranched alkanes of at least 4 members (excludes halogenated alkanes) is 1. The van der Waals surface area contributed by atoms with Gasteiger partial charge in [-0.3, -0.25) is 0 Å². The van der Waals surface area contributed by atoms with Crippen LogP contribution in [0.2, 0.25) is 0 Å².